The van der Waals surface area contributed by atoms with E-state index in [1.54, 1.807) is 0 Å². The highest BCUT2D eigenvalue weighted by Gasteiger charge is 2.14. The number of nitrogens with one attached hydrogen (secondary N) is 1. The van der Waals surface area contributed by atoms with E-state index < -0.39 is 0 Å². The van der Waals surface area contributed by atoms with Crippen molar-refractivity contribution >= 4 is 0 Å². The van der Waals surface area contributed by atoms with Gasteiger partial charge in [0.1, 0.15) is 0 Å². The summed E-state index contributed by atoms with van der Waals surface area (Å²) in [5, 5.41) is 3.60. The molecule has 1 aliphatic carbocycles. The molecule has 2 heteroatoms. The molecule has 1 N–H and O–H groups in total. The van der Waals surface area contributed by atoms with Crippen LogP contribution in [0.3, 0.4) is 0 Å². The molecule has 1 aliphatic rings. The van der Waals surface area contributed by atoms with Crippen LogP contribution in [0.15, 0.2) is 6.07 Å². The summed E-state index contributed by atoms with van der Waals surface area (Å²) in [6, 6.07) is 2.30. The molecule has 1 heterocycles. The minimum atomic E-state index is 1.00. The first kappa shape index (κ1) is 12.7. The minimum absolute atomic E-state index is 1.00. The molecule has 0 unspecified atom stereocenters. The zero-order chi connectivity index (χ0) is 12.3. The maximum absolute atomic E-state index is 3.60. The molecule has 0 aromatic carbocycles. The summed E-state index contributed by atoms with van der Waals surface area (Å²) in [5.74, 6) is 1.00. The van der Waals surface area contributed by atoms with Gasteiger partial charge in [0.2, 0.25) is 0 Å². The van der Waals surface area contributed by atoms with Crippen LogP contribution in [0.1, 0.15) is 49.1 Å². The lowest BCUT2D eigenvalue weighted by molar-refractivity contribution is 0.477. The highest BCUT2D eigenvalue weighted by molar-refractivity contribution is 5.26. The molecule has 2 rings (SSSR count). The highest BCUT2D eigenvalue weighted by Crippen LogP contribution is 2.26. The smallest absolute Gasteiger partial charge is 0.0223 e. The van der Waals surface area contributed by atoms with Crippen LogP contribution in [0.5, 0.6) is 0 Å². The summed E-state index contributed by atoms with van der Waals surface area (Å²) in [4.78, 5) is 0. The summed E-state index contributed by atoms with van der Waals surface area (Å²) in [6.07, 6.45) is 7.21. The Labute approximate surface area is 105 Å². The lowest BCUT2D eigenvalue weighted by Crippen LogP contribution is -2.17. The molecule has 0 spiro atoms. The molecule has 0 radical (unpaired) electrons. The largest absolute Gasteiger partial charge is 0.352 e. The van der Waals surface area contributed by atoms with E-state index in [0.29, 0.717) is 0 Å². The number of aromatic nitrogens is 1. The second-order valence-electron chi connectivity index (χ2n) is 5.57. The van der Waals surface area contributed by atoms with E-state index in [4.69, 9.17) is 0 Å². The van der Waals surface area contributed by atoms with Gasteiger partial charge < -0.3 is 9.88 Å². The van der Waals surface area contributed by atoms with Crippen molar-refractivity contribution in [1.29, 1.82) is 0 Å². The molecule has 0 amide bonds. The summed E-state index contributed by atoms with van der Waals surface area (Å²) >= 11 is 0. The average Bonchev–Trinajstić information content (AvgIpc) is 2.90. The Bertz CT molecular complexity index is 359. The van der Waals surface area contributed by atoms with Gasteiger partial charge in [-0.1, -0.05) is 25.7 Å². The SMILES string of the molecule is Cc1cc(CNCCC2CCCC2)c(C)n1C. The van der Waals surface area contributed by atoms with Crippen LogP contribution in [-0.4, -0.2) is 11.1 Å². The van der Waals surface area contributed by atoms with Gasteiger partial charge >= 0.3 is 0 Å². The summed E-state index contributed by atoms with van der Waals surface area (Å²) in [5.41, 5.74) is 4.21. The Morgan fingerprint density at radius 2 is 2.00 bits per heavy atom. The summed E-state index contributed by atoms with van der Waals surface area (Å²) < 4.78 is 2.27. The molecule has 1 aromatic heterocycles. The first-order valence-electron chi connectivity index (χ1n) is 7.01. The fourth-order valence-corrected chi connectivity index (χ4v) is 2.94. The van der Waals surface area contributed by atoms with Crippen molar-refractivity contribution < 1.29 is 0 Å². The topological polar surface area (TPSA) is 17.0 Å². The van der Waals surface area contributed by atoms with Gasteiger partial charge in [-0.25, -0.2) is 0 Å². The van der Waals surface area contributed by atoms with E-state index in [0.717, 1.165) is 12.5 Å². The number of hydrogen-bond donors (Lipinski definition) is 1. The van der Waals surface area contributed by atoms with E-state index in [-0.39, 0.29) is 0 Å². The van der Waals surface area contributed by atoms with Crippen molar-refractivity contribution in [3.05, 3.63) is 23.0 Å². The van der Waals surface area contributed by atoms with E-state index >= 15 is 0 Å². The predicted octanol–water partition coefficient (Wildman–Crippen LogP) is 3.31. The van der Waals surface area contributed by atoms with Crippen molar-refractivity contribution in [2.45, 2.75) is 52.5 Å². The van der Waals surface area contributed by atoms with Crippen LogP contribution in [-0.2, 0) is 13.6 Å². The van der Waals surface area contributed by atoms with Crippen LogP contribution < -0.4 is 5.32 Å². The van der Waals surface area contributed by atoms with Gasteiger partial charge in [0.25, 0.3) is 0 Å². The van der Waals surface area contributed by atoms with E-state index in [2.05, 4.69) is 36.8 Å². The monoisotopic (exact) mass is 234 g/mol. The lowest BCUT2D eigenvalue weighted by Gasteiger charge is -2.09. The van der Waals surface area contributed by atoms with Crippen molar-refractivity contribution in [3.63, 3.8) is 0 Å². The maximum atomic E-state index is 3.60. The van der Waals surface area contributed by atoms with E-state index in [1.165, 1.54) is 55.6 Å². The van der Waals surface area contributed by atoms with Crippen molar-refractivity contribution in [3.8, 4) is 0 Å². The molecule has 0 saturated heterocycles. The van der Waals surface area contributed by atoms with Crippen molar-refractivity contribution in [2.75, 3.05) is 6.54 Å². The third-order valence-electron chi connectivity index (χ3n) is 4.40. The minimum Gasteiger partial charge on any atom is -0.352 e. The number of rotatable bonds is 5. The molecule has 96 valence electrons. The molecular formula is C15H26N2. The zero-order valence-corrected chi connectivity index (χ0v) is 11.6. The Balaban J connectivity index is 1.72. The predicted molar refractivity (Wildman–Crippen MR) is 73.2 cm³/mol. The van der Waals surface area contributed by atoms with Crippen LogP contribution in [0, 0.1) is 19.8 Å². The molecule has 0 aliphatic heterocycles. The highest BCUT2D eigenvalue weighted by atomic mass is 15.0. The van der Waals surface area contributed by atoms with Crippen LogP contribution >= 0.6 is 0 Å². The van der Waals surface area contributed by atoms with Crippen LogP contribution in [0.2, 0.25) is 0 Å². The Morgan fingerprint density at radius 3 is 2.59 bits per heavy atom. The molecule has 1 fully saturated rings. The van der Waals surface area contributed by atoms with Gasteiger partial charge in [0.15, 0.2) is 0 Å². The van der Waals surface area contributed by atoms with Gasteiger partial charge in [-0.2, -0.15) is 0 Å². The Morgan fingerprint density at radius 1 is 1.29 bits per heavy atom. The standard InChI is InChI=1S/C15H26N2/c1-12-10-15(13(2)17(12)3)11-16-9-8-14-6-4-5-7-14/h10,14,16H,4-9,11H2,1-3H3. The molecule has 1 aromatic rings. The summed E-state index contributed by atoms with van der Waals surface area (Å²) in [7, 11) is 2.15. The molecule has 17 heavy (non-hydrogen) atoms. The second kappa shape index (κ2) is 5.72. The quantitative estimate of drug-likeness (QED) is 0.773. The molecular weight excluding hydrogens is 208 g/mol. The third kappa shape index (κ3) is 3.12. The van der Waals surface area contributed by atoms with Gasteiger partial charge in [-0.3, -0.25) is 0 Å². The maximum Gasteiger partial charge on any atom is 0.0223 e. The molecule has 0 bridgehead atoms. The molecule has 1 saturated carbocycles. The fourth-order valence-electron chi connectivity index (χ4n) is 2.94. The Hall–Kier alpha value is -0.760. The van der Waals surface area contributed by atoms with Crippen molar-refractivity contribution in [2.24, 2.45) is 13.0 Å². The molecule has 2 nitrogen and oxygen atoms in total. The molecule has 0 atom stereocenters. The lowest BCUT2D eigenvalue weighted by atomic mass is 10.0. The van der Waals surface area contributed by atoms with E-state index in [9.17, 15) is 0 Å². The fraction of sp³-hybridized carbons (Fsp3) is 0.733. The zero-order valence-electron chi connectivity index (χ0n) is 11.6. The van der Waals surface area contributed by atoms with Gasteiger partial charge in [-0.05, 0) is 44.4 Å². The average molecular weight is 234 g/mol. The number of hydrogen-bond acceptors (Lipinski definition) is 1. The van der Waals surface area contributed by atoms with Crippen LogP contribution in [0.4, 0.5) is 0 Å². The normalized spacial score (nSPS) is 16.9. The first-order valence-corrected chi connectivity index (χ1v) is 7.01. The van der Waals surface area contributed by atoms with E-state index in [1.807, 2.05) is 0 Å². The number of nitrogens with zero attached hydrogens (tertiary/aromatic N) is 1. The third-order valence-corrected chi connectivity index (χ3v) is 4.40. The number of aryl methyl sites for hydroxylation is 1. The van der Waals surface area contributed by atoms with Crippen LogP contribution in [0.25, 0.3) is 0 Å². The van der Waals surface area contributed by atoms with Gasteiger partial charge in [0, 0.05) is 25.0 Å². The first-order chi connectivity index (χ1) is 8.18. The second-order valence-corrected chi connectivity index (χ2v) is 5.57. The van der Waals surface area contributed by atoms with Crippen molar-refractivity contribution in [1.82, 2.24) is 9.88 Å². The van der Waals surface area contributed by atoms with Gasteiger partial charge in [0.05, 0.1) is 0 Å². The van der Waals surface area contributed by atoms with Gasteiger partial charge in [-0.15, -0.1) is 0 Å². The Kier molecular flexibility index (Phi) is 4.27. The summed E-state index contributed by atoms with van der Waals surface area (Å²) in [6.45, 7) is 6.59.